The summed E-state index contributed by atoms with van der Waals surface area (Å²) in [6, 6.07) is 6.67. The van der Waals surface area contributed by atoms with Crippen molar-refractivity contribution in [1.82, 2.24) is 9.78 Å². The number of aromatic nitrogens is 2. The van der Waals surface area contributed by atoms with Crippen molar-refractivity contribution in [1.29, 1.82) is 0 Å². The van der Waals surface area contributed by atoms with E-state index in [1.807, 2.05) is 13.8 Å². The molecule has 1 aromatic carbocycles. The lowest BCUT2D eigenvalue weighted by Gasteiger charge is -2.12. The smallest absolute Gasteiger partial charge is 0.269 e. The summed E-state index contributed by atoms with van der Waals surface area (Å²) in [5.74, 6) is -1.14. The van der Waals surface area contributed by atoms with Gasteiger partial charge >= 0.3 is 0 Å². The molecule has 7 nitrogen and oxygen atoms in total. The van der Waals surface area contributed by atoms with Crippen molar-refractivity contribution >= 4 is 17.5 Å². The number of nitrogens with zero attached hydrogens (tertiary/aromatic N) is 2. The summed E-state index contributed by atoms with van der Waals surface area (Å²) >= 11 is 0. The highest BCUT2D eigenvalue weighted by atomic mass is 16.5. The third-order valence-electron chi connectivity index (χ3n) is 3.51. The maximum absolute atomic E-state index is 12.9. The number of ether oxygens (including phenoxy) is 1. The van der Waals surface area contributed by atoms with Crippen LogP contribution in [0.2, 0.25) is 0 Å². The van der Waals surface area contributed by atoms with Gasteiger partial charge in [0.2, 0.25) is 0 Å². The van der Waals surface area contributed by atoms with E-state index in [1.54, 1.807) is 24.3 Å². The molecule has 0 unspecified atom stereocenters. The Kier molecular flexibility index (Phi) is 4.83. The van der Waals surface area contributed by atoms with Crippen molar-refractivity contribution in [2.45, 2.75) is 33.1 Å². The molecular formula is C18H24N4O3. The van der Waals surface area contributed by atoms with Crippen LogP contribution in [-0.4, -0.2) is 28.2 Å². The molecule has 0 aliphatic rings. The predicted octanol–water partition coefficient (Wildman–Crippen LogP) is 2.51. The van der Waals surface area contributed by atoms with E-state index < -0.39 is 18.8 Å². The second-order valence-corrected chi connectivity index (χ2v) is 5.50. The number of carbonyl (C=O) groups excluding carboxylic acids is 2. The van der Waals surface area contributed by atoms with Gasteiger partial charge in [-0.1, -0.05) is 32.4 Å². The molecule has 0 saturated carbocycles. The second kappa shape index (κ2) is 8.32. The summed E-state index contributed by atoms with van der Waals surface area (Å²) in [4.78, 5) is 24.8. The average Bonchev–Trinajstić information content (AvgIpc) is 2.99. The first-order valence-electron chi connectivity index (χ1n) is 9.66. The van der Waals surface area contributed by atoms with Gasteiger partial charge in [0.1, 0.15) is 11.4 Å². The van der Waals surface area contributed by atoms with Crippen molar-refractivity contribution in [2.75, 3.05) is 11.9 Å². The Morgan fingerprint density at radius 2 is 2.08 bits per heavy atom. The van der Waals surface area contributed by atoms with Crippen LogP contribution in [0.15, 0.2) is 24.3 Å². The number of anilines is 1. The maximum atomic E-state index is 12.9. The van der Waals surface area contributed by atoms with Crippen molar-refractivity contribution < 1.29 is 18.4 Å². The fourth-order valence-corrected chi connectivity index (χ4v) is 2.41. The number of benzene rings is 1. The lowest BCUT2D eigenvalue weighted by molar-refractivity contribution is 0.0992. The summed E-state index contributed by atoms with van der Waals surface area (Å²) in [6.07, 6.45) is 1.77. The van der Waals surface area contributed by atoms with Gasteiger partial charge in [0, 0.05) is 11.1 Å². The molecule has 0 aliphatic carbocycles. The number of hydrogen-bond donors (Lipinski definition) is 2. The van der Waals surface area contributed by atoms with Gasteiger partial charge in [0.15, 0.2) is 0 Å². The molecule has 7 heteroatoms. The summed E-state index contributed by atoms with van der Waals surface area (Å²) in [6.45, 7) is 1.55. The van der Waals surface area contributed by atoms with Crippen LogP contribution in [-0.2, 0) is 13.4 Å². The highest BCUT2D eigenvalue weighted by Crippen LogP contribution is 2.25. The van der Waals surface area contributed by atoms with Gasteiger partial charge in [-0.3, -0.25) is 14.3 Å². The minimum Gasteiger partial charge on any atom is -0.493 e. The fraction of sp³-hybridized carbons (Fsp3) is 0.389. The Hall–Kier alpha value is -2.83. The molecule has 2 aromatic rings. The Balaban J connectivity index is 2.49. The van der Waals surface area contributed by atoms with Crippen LogP contribution in [0.5, 0.6) is 5.75 Å². The minimum absolute atomic E-state index is 0.0146. The van der Waals surface area contributed by atoms with Crippen molar-refractivity contribution in [3.8, 4) is 5.75 Å². The molecule has 1 heterocycles. The van der Waals surface area contributed by atoms with Crippen LogP contribution in [0.4, 0.5) is 5.69 Å². The van der Waals surface area contributed by atoms with Gasteiger partial charge in [0.05, 0.1) is 23.6 Å². The van der Waals surface area contributed by atoms with E-state index >= 15 is 0 Å². The summed E-state index contributed by atoms with van der Waals surface area (Å²) in [7, 11) is 0. The molecule has 2 amide bonds. The average molecular weight is 347 g/mol. The van der Waals surface area contributed by atoms with Crippen LogP contribution < -0.4 is 15.8 Å². The summed E-state index contributed by atoms with van der Waals surface area (Å²) in [5, 5.41) is 6.64. The number of primary amides is 1. The van der Waals surface area contributed by atoms with Crippen molar-refractivity contribution in [3.05, 3.63) is 41.2 Å². The van der Waals surface area contributed by atoms with E-state index in [1.165, 1.54) is 0 Å². The van der Waals surface area contributed by atoms with Crippen molar-refractivity contribution in [3.63, 3.8) is 0 Å². The first-order valence-corrected chi connectivity index (χ1v) is 8.16. The third-order valence-corrected chi connectivity index (χ3v) is 3.51. The molecule has 0 spiro atoms. The zero-order valence-corrected chi connectivity index (χ0v) is 14.3. The van der Waals surface area contributed by atoms with Crippen LogP contribution in [0, 0.1) is 0 Å². The number of para-hydroxylation sites is 1. The molecule has 0 saturated heterocycles. The number of amides is 2. The molecule has 2 rings (SSSR count). The Morgan fingerprint density at radius 1 is 1.32 bits per heavy atom. The Bertz CT molecular complexity index is 862. The van der Waals surface area contributed by atoms with Gasteiger partial charge in [-0.2, -0.15) is 5.10 Å². The number of nitrogens with two attached hydrogens (primary N) is 1. The van der Waals surface area contributed by atoms with Gasteiger partial charge in [-0.05, 0) is 25.0 Å². The monoisotopic (exact) mass is 347 g/mol. The largest absolute Gasteiger partial charge is 0.493 e. The Labute approximate surface area is 151 Å². The topological polar surface area (TPSA) is 99.2 Å². The highest BCUT2D eigenvalue weighted by Gasteiger charge is 2.23. The summed E-state index contributed by atoms with van der Waals surface area (Å²) in [5.41, 5.74) is 5.61. The first kappa shape index (κ1) is 14.5. The third kappa shape index (κ3) is 4.17. The SMILES string of the molecule is [2H]C([2H])([2H])n1nc(CCC)c(NC(=O)c2ccccc2OCCC)c1C(N)=O. The van der Waals surface area contributed by atoms with E-state index in [2.05, 4.69) is 10.4 Å². The fourth-order valence-electron chi connectivity index (χ4n) is 2.41. The molecule has 0 radical (unpaired) electrons. The molecule has 25 heavy (non-hydrogen) atoms. The summed E-state index contributed by atoms with van der Waals surface area (Å²) < 4.78 is 29.0. The molecule has 0 bridgehead atoms. The number of hydrogen-bond acceptors (Lipinski definition) is 4. The molecule has 0 aliphatic heterocycles. The van der Waals surface area contributed by atoms with Crippen LogP contribution in [0.3, 0.4) is 0 Å². The van der Waals surface area contributed by atoms with Crippen molar-refractivity contribution in [2.24, 2.45) is 12.7 Å². The second-order valence-electron chi connectivity index (χ2n) is 5.50. The molecule has 134 valence electrons. The standard InChI is InChI=1S/C18H24N4O3/c1-4-8-13-15(16(17(19)23)22(3)21-13)20-18(24)12-9-6-7-10-14(12)25-11-5-2/h6-7,9-10H,4-5,8,11H2,1-3H3,(H2,19,23)(H,20,24)/i3D3. The number of nitrogens with one attached hydrogen (secondary N) is 1. The van der Waals surface area contributed by atoms with Gasteiger partial charge < -0.3 is 15.8 Å². The minimum atomic E-state index is -2.71. The van der Waals surface area contributed by atoms with E-state index in [-0.39, 0.29) is 22.6 Å². The number of rotatable bonds is 8. The lowest BCUT2D eigenvalue weighted by atomic mass is 10.1. The van der Waals surface area contributed by atoms with Crippen LogP contribution in [0.25, 0.3) is 0 Å². The number of aryl methyl sites for hydroxylation is 2. The van der Waals surface area contributed by atoms with E-state index in [9.17, 15) is 9.59 Å². The maximum Gasteiger partial charge on any atom is 0.269 e. The molecule has 3 N–H and O–H groups in total. The van der Waals surface area contributed by atoms with Gasteiger partial charge in [0.25, 0.3) is 11.8 Å². The predicted molar refractivity (Wildman–Crippen MR) is 95.9 cm³/mol. The van der Waals surface area contributed by atoms with Crippen LogP contribution >= 0.6 is 0 Å². The molecule has 0 atom stereocenters. The van der Waals surface area contributed by atoms with E-state index in [0.717, 1.165) is 6.42 Å². The van der Waals surface area contributed by atoms with Gasteiger partial charge in [-0.25, -0.2) is 0 Å². The first-order chi connectivity index (χ1) is 13.2. The zero-order chi connectivity index (χ0) is 20.9. The highest BCUT2D eigenvalue weighted by molar-refractivity contribution is 6.09. The van der Waals surface area contributed by atoms with Crippen LogP contribution in [0.1, 0.15) is 57.3 Å². The molecular weight excluding hydrogens is 320 g/mol. The van der Waals surface area contributed by atoms with E-state index in [0.29, 0.717) is 29.9 Å². The Morgan fingerprint density at radius 3 is 2.72 bits per heavy atom. The van der Waals surface area contributed by atoms with Gasteiger partial charge in [-0.15, -0.1) is 0 Å². The normalized spacial score (nSPS) is 12.8. The molecule has 0 fully saturated rings. The zero-order valence-electron chi connectivity index (χ0n) is 17.3. The van der Waals surface area contributed by atoms with E-state index in [4.69, 9.17) is 14.6 Å². The quantitative estimate of drug-likeness (QED) is 0.766. The molecule has 1 aromatic heterocycles. The lowest BCUT2D eigenvalue weighted by Crippen LogP contribution is -2.21. The number of carbonyl (C=O) groups is 2.